The topological polar surface area (TPSA) is 78.9 Å². The summed E-state index contributed by atoms with van der Waals surface area (Å²) in [6, 6.07) is 6.42. The molecule has 0 saturated carbocycles. The van der Waals surface area contributed by atoms with E-state index in [0.717, 1.165) is 5.56 Å². The van der Waals surface area contributed by atoms with Crippen LogP contribution < -0.4 is 5.32 Å². The number of amides is 2. The second-order valence-electron chi connectivity index (χ2n) is 4.58. The van der Waals surface area contributed by atoms with Crippen molar-refractivity contribution in [2.24, 2.45) is 0 Å². The Balaban J connectivity index is 2.69. The largest absolute Gasteiger partial charge is 0.481 e. The number of aliphatic carboxylic acids is 1. The van der Waals surface area contributed by atoms with Crippen LogP contribution in [0.4, 0.5) is 4.79 Å². The van der Waals surface area contributed by atoms with Gasteiger partial charge >= 0.3 is 12.0 Å². The van der Waals surface area contributed by atoms with E-state index in [1.807, 2.05) is 6.07 Å². The number of benzene rings is 1. The maximum absolute atomic E-state index is 12.0. The molecule has 2 amide bonds. The first kappa shape index (κ1) is 17.3. The molecule has 6 nitrogen and oxygen atoms in total. The Morgan fingerprint density at radius 1 is 1.48 bits per heavy atom. The average Bonchev–Trinajstić information content (AvgIpc) is 2.44. The minimum absolute atomic E-state index is 0.101. The maximum Gasteiger partial charge on any atom is 0.317 e. The molecule has 0 saturated heterocycles. The summed E-state index contributed by atoms with van der Waals surface area (Å²) in [5.41, 5.74) is 0.823. The Kier molecular flexibility index (Phi) is 6.98. The van der Waals surface area contributed by atoms with Gasteiger partial charge in [-0.3, -0.25) is 4.79 Å². The molecule has 1 rings (SSSR count). The smallest absolute Gasteiger partial charge is 0.317 e. The molecule has 21 heavy (non-hydrogen) atoms. The van der Waals surface area contributed by atoms with E-state index in [2.05, 4.69) is 5.32 Å². The predicted octanol–water partition coefficient (Wildman–Crippen LogP) is 2.14. The molecule has 0 spiro atoms. The highest BCUT2D eigenvalue weighted by atomic mass is 35.5. The van der Waals surface area contributed by atoms with Crippen LogP contribution in [-0.4, -0.2) is 49.3 Å². The number of nitrogens with zero attached hydrogens (tertiary/aromatic N) is 1. The van der Waals surface area contributed by atoms with Crippen LogP contribution in [0.1, 0.15) is 18.0 Å². The Labute approximate surface area is 128 Å². The lowest BCUT2D eigenvalue weighted by Gasteiger charge is -2.23. The van der Waals surface area contributed by atoms with Crippen LogP contribution in [0.2, 0.25) is 5.02 Å². The van der Waals surface area contributed by atoms with Crippen molar-refractivity contribution in [3.63, 3.8) is 0 Å². The van der Waals surface area contributed by atoms with Crippen molar-refractivity contribution < 1.29 is 19.4 Å². The number of hydrogen-bond acceptors (Lipinski definition) is 3. The van der Waals surface area contributed by atoms with Crippen molar-refractivity contribution >= 4 is 23.6 Å². The van der Waals surface area contributed by atoms with Crippen LogP contribution in [0.25, 0.3) is 0 Å². The summed E-state index contributed by atoms with van der Waals surface area (Å²) in [6.45, 7) is 0.426. The van der Waals surface area contributed by atoms with Crippen molar-refractivity contribution in [2.45, 2.75) is 12.5 Å². The molecule has 7 heteroatoms. The van der Waals surface area contributed by atoms with Gasteiger partial charge in [0, 0.05) is 25.7 Å². The summed E-state index contributed by atoms with van der Waals surface area (Å²) in [5.74, 6) is -0.946. The zero-order chi connectivity index (χ0) is 15.8. The Bertz CT molecular complexity index is 496. The molecular formula is C14H19ClN2O4. The van der Waals surface area contributed by atoms with Gasteiger partial charge in [0.05, 0.1) is 19.1 Å². The third-order valence-electron chi connectivity index (χ3n) is 2.89. The van der Waals surface area contributed by atoms with Crippen LogP contribution >= 0.6 is 11.6 Å². The van der Waals surface area contributed by atoms with Crippen LogP contribution in [0.15, 0.2) is 24.3 Å². The molecule has 0 aromatic heterocycles. The van der Waals surface area contributed by atoms with Crippen molar-refractivity contribution in [2.75, 3.05) is 27.3 Å². The van der Waals surface area contributed by atoms with Gasteiger partial charge in [0.1, 0.15) is 0 Å². The maximum atomic E-state index is 12.0. The summed E-state index contributed by atoms with van der Waals surface area (Å²) in [5, 5.41) is 12.0. The third-order valence-corrected chi connectivity index (χ3v) is 3.12. The fourth-order valence-electron chi connectivity index (χ4n) is 1.74. The number of carbonyl (C=O) groups is 2. The third kappa shape index (κ3) is 6.01. The molecule has 116 valence electrons. The molecular weight excluding hydrogens is 296 g/mol. The number of halogens is 1. The van der Waals surface area contributed by atoms with Gasteiger partial charge in [-0.15, -0.1) is 0 Å². The number of ether oxygens (including phenoxy) is 1. The van der Waals surface area contributed by atoms with E-state index < -0.39 is 5.97 Å². The summed E-state index contributed by atoms with van der Waals surface area (Å²) in [7, 11) is 3.08. The molecule has 1 aromatic rings. The fourth-order valence-corrected chi connectivity index (χ4v) is 1.93. The van der Waals surface area contributed by atoms with Crippen LogP contribution in [-0.2, 0) is 9.53 Å². The second-order valence-corrected chi connectivity index (χ2v) is 5.01. The number of methoxy groups -OCH3 is 1. The fraction of sp³-hybridized carbons (Fsp3) is 0.429. The van der Waals surface area contributed by atoms with E-state index in [1.165, 1.54) is 12.0 Å². The molecule has 0 radical (unpaired) electrons. The number of carboxylic acids is 1. The molecule has 1 aromatic carbocycles. The number of nitrogens with one attached hydrogen (secondary N) is 1. The van der Waals surface area contributed by atoms with E-state index in [0.29, 0.717) is 11.6 Å². The van der Waals surface area contributed by atoms with Gasteiger partial charge in [-0.2, -0.15) is 0 Å². The van der Waals surface area contributed by atoms with Crippen molar-refractivity contribution in [3.8, 4) is 0 Å². The van der Waals surface area contributed by atoms with Gasteiger partial charge in [-0.1, -0.05) is 23.7 Å². The number of rotatable bonds is 7. The van der Waals surface area contributed by atoms with Gasteiger partial charge in [-0.25, -0.2) is 4.79 Å². The van der Waals surface area contributed by atoms with E-state index in [-0.39, 0.29) is 25.0 Å². The summed E-state index contributed by atoms with van der Waals surface area (Å²) < 4.78 is 5.11. The number of hydrogen-bond donors (Lipinski definition) is 2. The minimum Gasteiger partial charge on any atom is -0.481 e. The zero-order valence-corrected chi connectivity index (χ0v) is 12.8. The van der Waals surface area contributed by atoms with E-state index >= 15 is 0 Å². The van der Waals surface area contributed by atoms with E-state index in [9.17, 15) is 9.59 Å². The zero-order valence-electron chi connectivity index (χ0n) is 12.0. The highest BCUT2D eigenvalue weighted by molar-refractivity contribution is 6.30. The standard InChI is InChI=1S/C14H19ClN2O4/c1-17(7-6-13(18)19)14(20)16-12(9-21-2)10-4-3-5-11(15)8-10/h3-5,8,12H,6-7,9H2,1-2H3,(H,16,20)(H,18,19). The van der Waals surface area contributed by atoms with Crippen molar-refractivity contribution in [3.05, 3.63) is 34.9 Å². The summed E-state index contributed by atoms with van der Waals surface area (Å²) >= 11 is 5.94. The lowest BCUT2D eigenvalue weighted by molar-refractivity contribution is -0.137. The van der Waals surface area contributed by atoms with E-state index in [4.69, 9.17) is 21.4 Å². The normalized spacial score (nSPS) is 11.8. The molecule has 0 aliphatic rings. The molecule has 0 fully saturated rings. The van der Waals surface area contributed by atoms with Gasteiger partial charge in [0.25, 0.3) is 0 Å². The minimum atomic E-state index is -0.946. The lowest BCUT2D eigenvalue weighted by Crippen LogP contribution is -2.41. The molecule has 0 heterocycles. The molecule has 2 N–H and O–H groups in total. The molecule has 1 atom stereocenters. The first-order valence-corrected chi connectivity index (χ1v) is 6.79. The Morgan fingerprint density at radius 3 is 2.76 bits per heavy atom. The first-order valence-electron chi connectivity index (χ1n) is 6.42. The lowest BCUT2D eigenvalue weighted by atomic mass is 10.1. The quantitative estimate of drug-likeness (QED) is 0.808. The van der Waals surface area contributed by atoms with Gasteiger partial charge < -0.3 is 20.1 Å². The highest BCUT2D eigenvalue weighted by Gasteiger charge is 2.17. The number of carbonyl (C=O) groups excluding carboxylic acids is 1. The van der Waals surface area contributed by atoms with E-state index in [1.54, 1.807) is 25.2 Å². The monoisotopic (exact) mass is 314 g/mol. The van der Waals surface area contributed by atoms with Crippen molar-refractivity contribution in [1.82, 2.24) is 10.2 Å². The molecule has 0 aliphatic carbocycles. The predicted molar refractivity (Wildman–Crippen MR) is 79.5 cm³/mol. The Hall–Kier alpha value is -1.79. The SMILES string of the molecule is COCC(NC(=O)N(C)CCC(=O)O)c1cccc(Cl)c1. The summed E-state index contributed by atoms with van der Waals surface area (Å²) in [6.07, 6.45) is -0.101. The van der Waals surface area contributed by atoms with Crippen LogP contribution in [0.5, 0.6) is 0 Å². The van der Waals surface area contributed by atoms with Gasteiger partial charge in [0.15, 0.2) is 0 Å². The van der Waals surface area contributed by atoms with Crippen LogP contribution in [0.3, 0.4) is 0 Å². The second kappa shape index (κ2) is 8.49. The van der Waals surface area contributed by atoms with Crippen LogP contribution in [0, 0.1) is 0 Å². The average molecular weight is 315 g/mol. The molecule has 0 bridgehead atoms. The number of urea groups is 1. The first-order chi connectivity index (χ1) is 9.93. The molecule has 0 aliphatic heterocycles. The van der Waals surface area contributed by atoms with Gasteiger partial charge in [0.2, 0.25) is 0 Å². The van der Waals surface area contributed by atoms with Gasteiger partial charge in [-0.05, 0) is 17.7 Å². The summed E-state index contributed by atoms with van der Waals surface area (Å²) in [4.78, 5) is 23.9. The Morgan fingerprint density at radius 2 is 2.19 bits per heavy atom. The molecule has 1 unspecified atom stereocenters. The highest BCUT2D eigenvalue weighted by Crippen LogP contribution is 2.18. The number of carboxylic acid groups (broad SMARTS) is 1. The van der Waals surface area contributed by atoms with Crippen molar-refractivity contribution in [1.29, 1.82) is 0 Å².